The Morgan fingerprint density at radius 3 is 2.49 bits per heavy atom. The Morgan fingerprint density at radius 1 is 0.892 bits per heavy atom. The number of hydrogen-bond donors (Lipinski definition) is 2. The number of aromatic nitrogens is 4. The average Bonchev–Trinajstić information content (AvgIpc) is 3.33. The van der Waals surface area contributed by atoms with E-state index in [4.69, 9.17) is 15.7 Å². The summed E-state index contributed by atoms with van der Waals surface area (Å²) in [5.74, 6) is 1.19. The zero-order chi connectivity index (χ0) is 24.8. The summed E-state index contributed by atoms with van der Waals surface area (Å²) >= 11 is 0. The third-order valence-corrected chi connectivity index (χ3v) is 7.70. The summed E-state index contributed by atoms with van der Waals surface area (Å²) < 4.78 is 2.10. The summed E-state index contributed by atoms with van der Waals surface area (Å²) in [6.45, 7) is 3.22. The number of anilines is 1. The molecule has 0 spiro atoms. The van der Waals surface area contributed by atoms with E-state index < -0.39 is 0 Å². The van der Waals surface area contributed by atoms with E-state index in [-0.39, 0.29) is 0 Å². The minimum atomic E-state index is 0.452. The lowest BCUT2D eigenvalue weighted by atomic mass is 9.92. The van der Waals surface area contributed by atoms with Gasteiger partial charge in [0.05, 0.1) is 11.3 Å². The largest absolute Gasteiger partial charge is 0.383 e. The van der Waals surface area contributed by atoms with Crippen LogP contribution in [0.3, 0.4) is 0 Å². The highest BCUT2D eigenvalue weighted by atomic mass is 15.2. The summed E-state index contributed by atoms with van der Waals surface area (Å²) in [5, 5.41) is 3.65. The van der Waals surface area contributed by atoms with Crippen molar-refractivity contribution in [3.05, 3.63) is 90.6 Å². The van der Waals surface area contributed by atoms with Crippen molar-refractivity contribution < 1.29 is 0 Å². The van der Waals surface area contributed by atoms with Crippen LogP contribution in [0, 0.1) is 0 Å². The maximum absolute atomic E-state index is 6.30. The maximum atomic E-state index is 6.30. The van der Waals surface area contributed by atoms with Gasteiger partial charge in [0, 0.05) is 49.2 Å². The second-order valence-electron chi connectivity index (χ2n) is 10.0. The van der Waals surface area contributed by atoms with E-state index in [0.29, 0.717) is 17.9 Å². The molecule has 0 amide bonds. The number of nitrogens with zero attached hydrogens (tertiary/aromatic N) is 5. The summed E-state index contributed by atoms with van der Waals surface area (Å²) in [6, 6.07) is 28.2. The number of fused-ring (bicyclic) bond motifs is 4. The molecule has 6 heterocycles. The minimum Gasteiger partial charge on any atom is -0.383 e. The van der Waals surface area contributed by atoms with Crippen LogP contribution in [0.4, 0.5) is 5.82 Å². The van der Waals surface area contributed by atoms with Gasteiger partial charge in [-0.05, 0) is 54.8 Å². The van der Waals surface area contributed by atoms with Crippen molar-refractivity contribution in [2.75, 3.05) is 18.8 Å². The number of piperidine rings is 2. The molecule has 8 rings (SSSR count). The molecule has 3 N–H and O–H groups in total. The second-order valence-corrected chi connectivity index (χ2v) is 10.0. The molecule has 3 saturated heterocycles. The first-order valence-electron chi connectivity index (χ1n) is 13.0. The number of rotatable bonds is 5. The van der Waals surface area contributed by atoms with Crippen LogP contribution in [0.5, 0.6) is 0 Å². The first kappa shape index (κ1) is 22.2. The Balaban J connectivity index is 1.31. The Hall–Kier alpha value is -4.07. The number of imidazole rings is 1. The predicted molar refractivity (Wildman–Crippen MR) is 147 cm³/mol. The van der Waals surface area contributed by atoms with Gasteiger partial charge in [0.1, 0.15) is 11.3 Å². The zero-order valence-electron chi connectivity index (χ0n) is 20.6. The molecule has 184 valence electrons. The van der Waals surface area contributed by atoms with Crippen LogP contribution < -0.4 is 11.1 Å². The van der Waals surface area contributed by atoms with Crippen molar-refractivity contribution in [3.8, 4) is 28.3 Å². The number of nitrogens with two attached hydrogens (primary N) is 1. The Labute approximate surface area is 216 Å². The second kappa shape index (κ2) is 9.10. The van der Waals surface area contributed by atoms with Gasteiger partial charge in [0.25, 0.3) is 0 Å². The van der Waals surface area contributed by atoms with Gasteiger partial charge in [-0.15, -0.1) is 0 Å². The lowest BCUT2D eigenvalue weighted by Crippen LogP contribution is -2.60. The van der Waals surface area contributed by atoms with Gasteiger partial charge in [0.15, 0.2) is 11.5 Å². The fraction of sp³-hybridized carbons (Fsp3) is 0.233. The normalized spacial score (nSPS) is 19.5. The molecular weight excluding hydrogens is 458 g/mol. The smallest absolute Gasteiger partial charge is 0.165 e. The topological polar surface area (TPSA) is 84.9 Å². The quantitative estimate of drug-likeness (QED) is 0.375. The van der Waals surface area contributed by atoms with Gasteiger partial charge >= 0.3 is 0 Å². The van der Waals surface area contributed by atoms with E-state index in [0.717, 1.165) is 59.1 Å². The van der Waals surface area contributed by atoms with Crippen molar-refractivity contribution in [1.29, 1.82) is 0 Å². The van der Waals surface area contributed by atoms with Gasteiger partial charge in [-0.25, -0.2) is 15.0 Å². The Kier molecular flexibility index (Phi) is 5.45. The molecule has 0 aliphatic carbocycles. The molecule has 37 heavy (non-hydrogen) atoms. The SMILES string of the molecule is Nc1ncccc1-c1nc2ccc(-c3ccccc3)nc2n1-c1ccc(CN2C[C@@H]3CCC2CN3)cc1. The fourth-order valence-electron chi connectivity index (χ4n) is 5.74. The molecule has 0 radical (unpaired) electrons. The van der Waals surface area contributed by atoms with Crippen LogP contribution >= 0.6 is 0 Å². The summed E-state index contributed by atoms with van der Waals surface area (Å²) in [5.41, 5.74) is 13.0. The van der Waals surface area contributed by atoms with E-state index in [9.17, 15) is 0 Å². The van der Waals surface area contributed by atoms with E-state index in [1.807, 2.05) is 42.5 Å². The molecule has 0 saturated carbocycles. The molecule has 3 aromatic heterocycles. The molecule has 7 nitrogen and oxygen atoms in total. The number of piperazine rings is 1. The highest BCUT2D eigenvalue weighted by molar-refractivity contribution is 5.84. The van der Waals surface area contributed by atoms with Crippen LogP contribution in [-0.4, -0.2) is 49.6 Å². The van der Waals surface area contributed by atoms with Crippen molar-refractivity contribution in [2.24, 2.45) is 0 Å². The van der Waals surface area contributed by atoms with E-state index >= 15 is 0 Å². The van der Waals surface area contributed by atoms with Crippen molar-refractivity contribution in [1.82, 2.24) is 29.7 Å². The number of pyridine rings is 2. The molecule has 5 aromatic rings. The monoisotopic (exact) mass is 487 g/mol. The first-order chi connectivity index (χ1) is 18.2. The van der Waals surface area contributed by atoms with Crippen LogP contribution in [-0.2, 0) is 6.54 Å². The molecule has 1 unspecified atom stereocenters. The lowest BCUT2D eigenvalue weighted by Gasteiger charge is -2.46. The third-order valence-electron chi connectivity index (χ3n) is 7.70. The van der Waals surface area contributed by atoms with Crippen LogP contribution in [0.1, 0.15) is 18.4 Å². The highest BCUT2D eigenvalue weighted by Gasteiger charge is 2.33. The van der Waals surface area contributed by atoms with Crippen LogP contribution in [0.15, 0.2) is 85.1 Å². The number of hydrogen-bond acceptors (Lipinski definition) is 6. The van der Waals surface area contributed by atoms with Gasteiger partial charge in [-0.1, -0.05) is 42.5 Å². The van der Waals surface area contributed by atoms with Gasteiger partial charge in [-0.2, -0.15) is 0 Å². The fourth-order valence-corrected chi connectivity index (χ4v) is 5.74. The highest BCUT2D eigenvalue weighted by Crippen LogP contribution is 2.32. The maximum Gasteiger partial charge on any atom is 0.165 e. The Bertz CT molecular complexity index is 1550. The lowest BCUT2D eigenvalue weighted by molar-refractivity contribution is 0.0685. The van der Waals surface area contributed by atoms with E-state index in [2.05, 4.69) is 56.2 Å². The van der Waals surface area contributed by atoms with Gasteiger partial charge in [0.2, 0.25) is 0 Å². The van der Waals surface area contributed by atoms with Gasteiger partial charge < -0.3 is 11.1 Å². The molecule has 3 fully saturated rings. The summed E-state index contributed by atoms with van der Waals surface area (Å²) in [6.07, 6.45) is 4.29. The van der Waals surface area contributed by atoms with E-state index in [1.165, 1.54) is 18.4 Å². The number of nitrogen functional groups attached to an aromatic ring is 1. The number of nitrogens with one attached hydrogen (secondary N) is 1. The van der Waals surface area contributed by atoms with Gasteiger partial charge in [-0.3, -0.25) is 9.47 Å². The number of benzene rings is 2. The molecular formula is C30H29N7. The van der Waals surface area contributed by atoms with Crippen molar-refractivity contribution in [2.45, 2.75) is 31.5 Å². The standard InChI is InChI=1S/C30H29N7/c31-28-25(7-4-16-32-28)29-35-27-15-14-26(21-5-2-1-3-6-21)34-30(27)37(29)23-11-8-20(9-12-23)18-36-19-22-10-13-24(36)17-33-22/h1-9,11-12,14-16,22,24,33H,10,13,17-19H2,(H2,31,32)/t22-,24?/m0/s1. The molecule has 3 aliphatic rings. The Morgan fingerprint density at radius 2 is 1.76 bits per heavy atom. The average molecular weight is 488 g/mol. The first-order valence-corrected chi connectivity index (χ1v) is 13.0. The van der Waals surface area contributed by atoms with Crippen molar-refractivity contribution >= 4 is 17.0 Å². The van der Waals surface area contributed by atoms with Crippen LogP contribution in [0.25, 0.3) is 39.5 Å². The predicted octanol–water partition coefficient (Wildman–Crippen LogP) is 4.67. The van der Waals surface area contributed by atoms with Crippen molar-refractivity contribution in [3.63, 3.8) is 0 Å². The van der Waals surface area contributed by atoms with E-state index in [1.54, 1.807) is 6.20 Å². The zero-order valence-corrected chi connectivity index (χ0v) is 20.6. The molecule has 2 bridgehead atoms. The summed E-state index contributed by atoms with van der Waals surface area (Å²) in [7, 11) is 0. The molecule has 2 aromatic carbocycles. The molecule has 3 aliphatic heterocycles. The molecule has 2 atom stereocenters. The molecule has 7 heteroatoms. The third kappa shape index (κ3) is 4.06. The minimum absolute atomic E-state index is 0.452. The summed E-state index contributed by atoms with van der Waals surface area (Å²) in [4.78, 5) is 17.0. The van der Waals surface area contributed by atoms with Crippen LogP contribution in [0.2, 0.25) is 0 Å².